The minimum absolute atomic E-state index is 0.263. The van der Waals surface area contributed by atoms with Gasteiger partial charge >= 0.3 is 0 Å². The zero-order chi connectivity index (χ0) is 15.6. The van der Waals surface area contributed by atoms with Crippen molar-refractivity contribution in [2.75, 3.05) is 25.3 Å². The van der Waals surface area contributed by atoms with E-state index in [1.807, 2.05) is 30.3 Å². The van der Waals surface area contributed by atoms with E-state index in [0.717, 1.165) is 34.1 Å². The zero-order valence-corrected chi connectivity index (χ0v) is 13.2. The summed E-state index contributed by atoms with van der Waals surface area (Å²) in [5, 5.41) is 4.05. The number of fused-ring (bicyclic) bond motifs is 2. The average molecular weight is 334 g/mol. The van der Waals surface area contributed by atoms with E-state index in [4.69, 9.17) is 30.5 Å². The van der Waals surface area contributed by atoms with Gasteiger partial charge in [-0.05, 0) is 24.3 Å². The van der Waals surface area contributed by atoms with Crippen molar-refractivity contribution >= 4 is 17.3 Å². The number of para-hydroxylation sites is 1. The number of benzene rings is 2. The molecular weight excluding hydrogens is 318 g/mol. The average Bonchev–Trinajstić information content (AvgIpc) is 2.59. The predicted molar refractivity (Wildman–Crippen MR) is 86.5 cm³/mol. The summed E-state index contributed by atoms with van der Waals surface area (Å²) in [7, 11) is 0. The van der Waals surface area contributed by atoms with Gasteiger partial charge in [0.15, 0.2) is 18.3 Å². The summed E-state index contributed by atoms with van der Waals surface area (Å²) in [6, 6.07) is 9.59. The number of rotatable bonds is 3. The Balaban J connectivity index is 1.59. The van der Waals surface area contributed by atoms with E-state index in [-0.39, 0.29) is 6.79 Å². The first-order chi connectivity index (χ1) is 11.3. The highest BCUT2D eigenvalue weighted by Crippen LogP contribution is 2.38. The summed E-state index contributed by atoms with van der Waals surface area (Å²) >= 11 is 6.20. The van der Waals surface area contributed by atoms with Gasteiger partial charge in [0.25, 0.3) is 0 Å². The normalized spacial score (nSPS) is 15.5. The summed E-state index contributed by atoms with van der Waals surface area (Å²) in [5.41, 5.74) is 2.85. The van der Waals surface area contributed by atoms with Crippen LogP contribution in [-0.2, 0) is 17.9 Å². The molecule has 2 aliphatic rings. The SMILES string of the molecule is Clc1cc(CNc2cccc3c2OCCO3)c2c(c1)COCO2. The number of anilines is 1. The van der Waals surface area contributed by atoms with E-state index in [9.17, 15) is 0 Å². The molecule has 0 aromatic heterocycles. The minimum atomic E-state index is 0.263. The second-order valence-corrected chi connectivity index (χ2v) is 5.78. The molecule has 0 bridgehead atoms. The molecule has 0 saturated heterocycles. The largest absolute Gasteiger partial charge is 0.486 e. The van der Waals surface area contributed by atoms with Gasteiger partial charge in [0.1, 0.15) is 19.0 Å². The molecule has 2 aromatic carbocycles. The van der Waals surface area contributed by atoms with Crippen LogP contribution in [0.3, 0.4) is 0 Å². The van der Waals surface area contributed by atoms with Crippen molar-refractivity contribution in [2.24, 2.45) is 0 Å². The van der Waals surface area contributed by atoms with Crippen LogP contribution < -0.4 is 19.5 Å². The van der Waals surface area contributed by atoms with Crippen molar-refractivity contribution in [2.45, 2.75) is 13.2 Å². The first-order valence-electron chi connectivity index (χ1n) is 7.45. The van der Waals surface area contributed by atoms with Crippen LogP contribution in [0.1, 0.15) is 11.1 Å². The molecule has 0 aliphatic carbocycles. The fraction of sp³-hybridized carbons (Fsp3) is 0.294. The molecule has 0 fully saturated rings. The van der Waals surface area contributed by atoms with Crippen molar-refractivity contribution in [1.29, 1.82) is 0 Å². The topological polar surface area (TPSA) is 49.0 Å². The van der Waals surface area contributed by atoms with E-state index in [1.54, 1.807) is 0 Å². The molecule has 0 unspecified atom stereocenters. The Morgan fingerprint density at radius 2 is 1.96 bits per heavy atom. The van der Waals surface area contributed by atoms with E-state index in [2.05, 4.69) is 5.32 Å². The Labute approximate surface area is 139 Å². The number of hydrogen-bond acceptors (Lipinski definition) is 5. The Hall–Kier alpha value is -2.11. The summed E-state index contributed by atoms with van der Waals surface area (Å²) in [6.07, 6.45) is 0. The van der Waals surface area contributed by atoms with Crippen molar-refractivity contribution in [1.82, 2.24) is 0 Å². The van der Waals surface area contributed by atoms with E-state index >= 15 is 0 Å². The van der Waals surface area contributed by atoms with Gasteiger partial charge in [0, 0.05) is 22.7 Å². The standard InChI is InChI=1S/C17H16ClNO4/c18-13-6-11(16-12(7-13)9-20-10-23-16)8-19-14-2-1-3-15-17(14)22-5-4-21-15/h1-3,6-7,19H,4-5,8-10H2. The Morgan fingerprint density at radius 3 is 2.91 bits per heavy atom. The number of ether oxygens (including phenoxy) is 4. The summed E-state index contributed by atoms with van der Waals surface area (Å²) in [6.45, 7) is 2.48. The third-order valence-corrected chi connectivity index (χ3v) is 4.01. The van der Waals surface area contributed by atoms with Crippen LogP contribution in [0.15, 0.2) is 30.3 Å². The van der Waals surface area contributed by atoms with E-state index in [1.165, 1.54) is 0 Å². The molecule has 0 spiro atoms. The molecule has 0 radical (unpaired) electrons. The quantitative estimate of drug-likeness (QED) is 0.930. The molecule has 5 nitrogen and oxygen atoms in total. The van der Waals surface area contributed by atoms with Crippen molar-refractivity contribution in [3.05, 3.63) is 46.5 Å². The first kappa shape index (κ1) is 14.5. The van der Waals surface area contributed by atoms with Gasteiger partial charge in [0.05, 0.1) is 12.3 Å². The lowest BCUT2D eigenvalue weighted by Crippen LogP contribution is -2.17. The number of nitrogens with one attached hydrogen (secondary N) is 1. The summed E-state index contributed by atoms with van der Waals surface area (Å²) in [4.78, 5) is 0. The fourth-order valence-corrected chi connectivity index (χ4v) is 3.05. The Morgan fingerprint density at radius 1 is 1.04 bits per heavy atom. The van der Waals surface area contributed by atoms with Crippen LogP contribution in [0.2, 0.25) is 5.02 Å². The van der Waals surface area contributed by atoms with Crippen LogP contribution in [0.4, 0.5) is 5.69 Å². The Bertz CT molecular complexity index is 735. The maximum absolute atomic E-state index is 6.20. The summed E-state index contributed by atoms with van der Waals surface area (Å²) < 4.78 is 22.3. The molecule has 0 saturated carbocycles. The van der Waals surface area contributed by atoms with Crippen molar-refractivity contribution < 1.29 is 18.9 Å². The molecule has 4 rings (SSSR count). The molecule has 2 aliphatic heterocycles. The lowest BCUT2D eigenvalue weighted by Gasteiger charge is -2.23. The van der Waals surface area contributed by atoms with Crippen LogP contribution in [0.25, 0.3) is 0 Å². The van der Waals surface area contributed by atoms with Crippen LogP contribution in [0, 0.1) is 0 Å². The zero-order valence-electron chi connectivity index (χ0n) is 12.4. The first-order valence-corrected chi connectivity index (χ1v) is 7.83. The fourth-order valence-electron chi connectivity index (χ4n) is 2.79. The lowest BCUT2D eigenvalue weighted by molar-refractivity contribution is -0.0169. The van der Waals surface area contributed by atoms with E-state index < -0.39 is 0 Å². The summed E-state index contributed by atoms with van der Waals surface area (Å²) in [5.74, 6) is 2.35. The van der Waals surface area contributed by atoms with Gasteiger partial charge in [-0.2, -0.15) is 0 Å². The second-order valence-electron chi connectivity index (χ2n) is 5.35. The molecule has 120 valence electrons. The highest BCUT2D eigenvalue weighted by molar-refractivity contribution is 6.30. The second kappa shape index (κ2) is 6.18. The van der Waals surface area contributed by atoms with Crippen molar-refractivity contribution in [3.8, 4) is 17.2 Å². The van der Waals surface area contributed by atoms with E-state index in [0.29, 0.717) is 31.4 Å². The van der Waals surface area contributed by atoms with Gasteiger partial charge in [0.2, 0.25) is 0 Å². The van der Waals surface area contributed by atoms with Crippen LogP contribution in [-0.4, -0.2) is 20.0 Å². The van der Waals surface area contributed by atoms with Gasteiger partial charge in [-0.3, -0.25) is 0 Å². The van der Waals surface area contributed by atoms with Crippen LogP contribution >= 0.6 is 11.6 Å². The molecule has 2 aromatic rings. The molecule has 6 heteroatoms. The van der Waals surface area contributed by atoms with Gasteiger partial charge in [-0.15, -0.1) is 0 Å². The third-order valence-electron chi connectivity index (χ3n) is 3.79. The highest BCUT2D eigenvalue weighted by Gasteiger charge is 2.18. The monoisotopic (exact) mass is 333 g/mol. The molecular formula is C17H16ClNO4. The third kappa shape index (κ3) is 2.90. The lowest BCUT2D eigenvalue weighted by atomic mass is 10.1. The predicted octanol–water partition coefficient (Wildman–Crippen LogP) is 3.59. The maximum atomic E-state index is 6.20. The smallest absolute Gasteiger partial charge is 0.189 e. The number of hydrogen-bond donors (Lipinski definition) is 1. The van der Waals surface area contributed by atoms with Gasteiger partial charge in [-0.1, -0.05) is 17.7 Å². The molecule has 0 atom stereocenters. The maximum Gasteiger partial charge on any atom is 0.189 e. The molecule has 23 heavy (non-hydrogen) atoms. The Kier molecular flexibility index (Phi) is 3.89. The van der Waals surface area contributed by atoms with Gasteiger partial charge < -0.3 is 24.3 Å². The van der Waals surface area contributed by atoms with Crippen LogP contribution in [0.5, 0.6) is 17.2 Å². The molecule has 0 amide bonds. The molecule has 1 N–H and O–H groups in total. The van der Waals surface area contributed by atoms with Gasteiger partial charge in [-0.25, -0.2) is 0 Å². The van der Waals surface area contributed by atoms with Crippen molar-refractivity contribution in [3.63, 3.8) is 0 Å². The number of halogens is 1. The molecule has 2 heterocycles. The minimum Gasteiger partial charge on any atom is -0.486 e. The highest BCUT2D eigenvalue weighted by atomic mass is 35.5.